The van der Waals surface area contributed by atoms with Gasteiger partial charge in [0, 0.05) is 11.1 Å². The number of benzene rings is 2. The molecule has 0 aliphatic carbocycles. The summed E-state index contributed by atoms with van der Waals surface area (Å²) in [6.45, 7) is 4.45. The highest BCUT2D eigenvalue weighted by Crippen LogP contribution is 2.26. The van der Waals surface area contributed by atoms with Gasteiger partial charge in [0.15, 0.2) is 0 Å². The van der Waals surface area contributed by atoms with Crippen LogP contribution < -0.4 is 34.0 Å². The van der Waals surface area contributed by atoms with Crippen LogP contribution >= 0.6 is 0 Å². The van der Waals surface area contributed by atoms with Gasteiger partial charge in [0.05, 0.1) is 34.6 Å². The Morgan fingerprint density at radius 3 is 1.31 bits per heavy atom. The zero-order chi connectivity index (χ0) is 17.6. The summed E-state index contributed by atoms with van der Waals surface area (Å²) in [5.74, 6) is 0. The fourth-order valence-corrected chi connectivity index (χ4v) is 4.12. The predicted octanol–water partition coefficient (Wildman–Crippen LogP) is -1.33. The number of rotatable bonds is 8. The summed E-state index contributed by atoms with van der Waals surface area (Å²) in [6, 6.07) is 21.8. The average Bonchev–Trinajstić information content (AvgIpc) is 2.53. The van der Waals surface area contributed by atoms with E-state index in [4.69, 9.17) is 0 Å². The third kappa shape index (κ3) is 7.15. The molecule has 0 saturated carbocycles. The second-order valence-corrected chi connectivity index (χ2v) is 8.11. The van der Waals surface area contributed by atoms with E-state index in [1.165, 1.54) is 24.0 Å². The van der Waals surface area contributed by atoms with Gasteiger partial charge in [0.1, 0.15) is 13.1 Å². The number of hydrogen-bond acceptors (Lipinski definition) is 0. The van der Waals surface area contributed by atoms with Crippen molar-refractivity contribution in [1.82, 2.24) is 0 Å². The smallest absolute Gasteiger partial charge is 0.216 e. The fourth-order valence-electron chi connectivity index (χ4n) is 4.12. The molecular formula is C22H34Br2N2. The van der Waals surface area contributed by atoms with Crippen LogP contribution in [0.4, 0.5) is 0 Å². The molecule has 0 heterocycles. The predicted molar refractivity (Wildman–Crippen MR) is 103 cm³/mol. The van der Waals surface area contributed by atoms with Crippen molar-refractivity contribution in [2.75, 3.05) is 28.2 Å². The molecule has 0 aliphatic rings. The van der Waals surface area contributed by atoms with E-state index in [-0.39, 0.29) is 34.0 Å². The highest BCUT2D eigenvalue weighted by atomic mass is 79.9. The normalized spacial score (nSPS) is 11.6. The van der Waals surface area contributed by atoms with E-state index in [2.05, 4.69) is 95.8 Å². The van der Waals surface area contributed by atoms with Gasteiger partial charge in [-0.1, -0.05) is 67.6 Å². The molecule has 0 unspecified atom stereocenters. The van der Waals surface area contributed by atoms with Crippen molar-refractivity contribution in [3.8, 4) is 0 Å². The molecular weight excluding hydrogens is 452 g/mol. The summed E-state index contributed by atoms with van der Waals surface area (Å²) in [4.78, 5) is 0. The molecule has 0 atom stereocenters. The fraction of sp³-hybridized carbons (Fsp3) is 0.455. The molecule has 2 aromatic rings. The van der Waals surface area contributed by atoms with Crippen molar-refractivity contribution in [2.45, 2.75) is 39.0 Å². The molecule has 0 aliphatic heterocycles. The first kappa shape index (κ1) is 25.3. The topological polar surface area (TPSA) is 0 Å². The molecule has 146 valence electrons. The van der Waals surface area contributed by atoms with Crippen molar-refractivity contribution < 1.29 is 42.9 Å². The minimum Gasteiger partial charge on any atom is -1.00 e. The maximum absolute atomic E-state index is 2.39. The van der Waals surface area contributed by atoms with Crippen LogP contribution in [0.3, 0.4) is 0 Å². The number of hydrogen-bond donors (Lipinski definition) is 0. The first-order valence-electron chi connectivity index (χ1n) is 9.08. The van der Waals surface area contributed by atoms with E-state index in [9.17, 15) is 0 Å². The highest BCUT2D eigenvalue weighted by Gasteiger charge is 2.40. The van der Waals surface area contributed by atoms with Crippen molar-refractivity contribution >= 4 is 0 Å². The molecule has 0 bridgehead atoms. The minimum absolute atomic E-state index is 0. The average molecular weight is 486 g/mol. The van der Waals surface area contributed by atoms with Crippen LogP contribution in [0.25, 0.3) is 0 Å². The molecule has 2 nitrogen and oxygen atoms in total. The number of halogens is 2. The van der Waals surface area contributed by atoms with E-state index >= 15 is 0 Å². The molecule has 0 fully saturated rings. The minimum atomic E-state index is 0. The lowest BCUT2D eigenvalue weighted by molar-refractivity contribution is -1.12. The van der Waals surface area contributed by atoms with Gasteiger partial charge in [-0.3, -0.25) is 8.97 Å². The number of nitrogens with zero attached hydrogens (tertiary/aromatic N) is 2. The van der Waals surface area contributed by atoms with Crippen LogP contribution in [0, 0.1) is 0 Å². The molecule has 2 aromatic carbocycles. The summed E-state index contributed by atoms with van der Waals surface area (Å²) < 4.78 is 2.02. The molecule has 0 aromatic heterocycles. The molecule has 0 saturated heterocycles. The van der Waals surface area contributed by atoms with Crippen LogP contribution in [0.2, 0.25) is 0 Å². The first-order chi connectivity index (χ1) is 11.3. The lowest BCUT2D eigenvalue weighted by atomic mass is 10.1. The zero-order valence-corrected chi connectivity index (χ0v) is 20.0. The van der Waals surface area contributed by atoms with Crippen molar-refractivity contribution in [3.05, 3.63) is 71.8 Å². The SMILES string of the molecule is CCCC([N+](C)(C)Cc1ccccc1)[N+](C)(C)Cc1ccccc1.[Br-].[Br-]. The van der Waals surface area contributed by atoms with Gasteiger partial charge in [-0.25, -0.2) is 0 Å². The Balaban J connectivity index is 0.00000312. The third-order valence-electron chi connectivity index (χ3n) is 5.03. The Bertz CT molecular complexity index is 559. The van der Waals surface area contributed by atoms with Crippen LogP contribution in [0.5, 0.6) is 0 Å². The Morgan fingerprint density at radius 2 is 1.00 bits per heavy atom. The molecule has 4 heteroatoms. The van der Waals surface area contributed by atoms with Crippen LogP contribution in [-0.2, 0) is 13.1 Å². The van der Waals surface area contributed by atoms with Crippen molar-refractivity contribution in [3.63, 3.8) is 0 Å². The van der Waals surface area contributed by atoms with Gasteiger partial charge in [-0.05, 0) is 6.42 Å². The van der Waals surface area contributed by atoms with E-state index in [1.54, 1.807) is 0 Å². The monoisotopic (exact) mass is 484 g/mol. The van der Waals surface area contributed by atoms with Gasteiger partial charge in [-0.2, -0.15) is 0 Å². The number of quaternary nitrogens is 2. The van der Waals surface area contributed by atoms with E-state index in [0.717, 1.165) is 22.1 Å². The maximum atomic E-state index is 2.39. The molecule has 0 spiro atoms. The molecule has 0 amide bonds. The van der Waals surface area contributed by atoms with Gasteiger partial charge < -0.3 is 34.0 Å². The Hall–Kier alpha value is -0.680. The van der Waals surface area contributed by atoms with Crippen molar-refractivity contribution in [1.29, 1.82) is 0 Å². The zero-order valence-electron chi connectivity index (χ0n) is 16.8. The van der Waals surface area contributed by atoms with Gasteiger partial charge in [0.2, 0.25) is 6.17 Å². The van der Waals surface area contributed by atoms with E-state index in [1.807, 2.05) is 0 Å². The van der Waals surface area contributed by atoms with Crippen LogP contribution in [0.15, 0.2) is 60.7 Å². The highest BCUT2D eigenvalue weighted by molar-refractivity contribution is 5.14. The lowest BCUT2D eigenvalue weighted by Gasteiger charge is -2.47. The lowest BCUT2D eigenvalue weighted by Crippen LogP contribution is -3.00. The first-order valence-corrected chi connectivity index (χ1v) is 9.08. The molecule has 2 rings (SSSR count). The largest absolute Gasteiger partial charge is 1.00 e. The maximum Gasteiger partial charge on any atom is 0.216 e. The summed E-state index contributed by atoms with van der Waals surface area (Å²) in [6.07, 6.45) is 3.02. The van der Waals surface area contributed by atoms with Crippen LogP contribution in [-0.4, -0.2) is 43.3 Å². The molecule has 0 N–H and O–H groups in total. The van der Waals surface area contributed by atoms with E-state index < -0.39 is 0 Å². The van der Waals surface area contributed by atoms with Gasteiger partial charge in [-0.15, -0.1) is 0 Å². The quantitative estimate of drug-likeness (QED) is 0.321. The Morgan fingerprint density at radius 1 is 0.654 bits per heavy atom. The summed E-state index contributed by atoms with van der Waals surface area (Å²) in [5.41, 5.74) is 2.84. The van der Waals surface area contributed by atoms with Crippen molar-refractivity contribution in [2.24, 2.45) is 0 Å². The second-order valence-electron chi connectivity index (χ2n) is 8.11. The van der Waals surface area contributed by atoms with Gasteiger partial charge in [0.25, 0.3) is 0 Å². The summed E-state index contributed by atoms with van der Waals surface area (Å²) in [7, 11) is 9.55. The third-order valence-corrected chi connectivity index (χ3v) is 5.03. The molecule has 0 radical (unpaired) electrons. The summed E-state index contributed by atoms with van der Waals surface area (Å²) in [5, 5.41) is 0. The summed E-state index contributed by atoms with van der Waals surface area (Å²) >= 11 is 0. The van der Waals surface area contributed by atoms with Crippen LogP contribution in [0.1, 0.15) is 30.9 Å². The standard InChI is InChI=1S/C22H34N2.2BrH/c1-6-13-22(23(2,3)18-20-14-9-7-10-15-20)24(4,5)19-21-16-11-8-12-17-21;;/h7-12,14-17,22H,6,13,18-19H2,1-5H3;2*1H/q+2;;/p-2. The molecule has 26 heavy (non-hydrogen) atoms. The Labute approximate surface area is 181 Å². The Kier molecular flexibility index (Phi) is 10.9. The second kappa shape index (κ2) is 11.2. The van der Waals surface area contributed by atoms with Gasteiger partial charge >= 0.3 is 0 Å². The van der Waals surface area contributed by atoms with E-state index in [0.29, 0.717) is 6.17 Å².